The normalized spacial score (nSPS) is 11.3. The second kappa shape index (κ2) is 5.66. The smallest absolute Gasteiger partial charge is 0.286 e. The van der Waals surface area contributed by atoms with Crippen molar-refractivity contribution in [1.29, 1.82) is 0 Å². The van der Waals surface area contributed by atoms with E-state index in [1.54, 1.807) is 22.7 Å². The van der Waals surface area contributed by atoms with Crippen LogP contribution >= 0.6 is 22.9 Å². The van der Waals surface area contributed by atoms with Crippen LogP contribution in [0.3, 0.4) is 0 Å². The number of hydrogen-bond acceptors (Lipinski definition) is 5. The Kier molecular flexibility index (Phi) is 3.84. The van der Waals surface area contributed by atoms with Crippen LogP contribution in [0.25, 0.3) is 4.96 Å². The van der Waals surface area contributed by atoms with E-state index in [0.29, 0.717) is 20.7 Å². The average molecular weight is 336 g/mol. The molecule has 0 radical (unpaired) electrons. The number of carbonyl (C=O) groups is 1. The molecule has 0 aliphatic rings. The van der Waals surface area contributed by atoms with Crippen molar-refractivity contribution in [3.63, 3.8) is 0 Å². The number of carbonyl (C=O) groups excluding carboxylic acids is 1. The van der Waals surface area contributed by atoms with E-state index in [4.69, 9.17) is 11.6 Å². The van der Waals surface area contributed by atoms with Gasteiger partial charge in [0.25, 0.3) is 5.91 Å². The summed E-state index contributed by atoms with van der Waals surface area (Å²) in [7, 11) is 0. The minimum absolute atomic E-state index is 0.187. The molecule has 1 aromatic carbocycles. The molecule has 1 N–H and O–H groups in total. The van der Waals surface area contributed by atoms with Crippen LogP contribution in [0.5, 0.6) is 0 Å². The number of fused-ring (bicyclic) bond motifs is 1. The molecule has 2 aromatic heterocycles. The number of rotatable bonds is 3. The number of nitrogens with one attached hydrogen (secondary N) is 1. The van der Waals surface area contributed by atoms with E-state index in [1.807, 2.05) is 20.8 Å². The highest BCUT2D eigenvalue weighted by molar-refractivity contribution is 7.18. The van der Waals surface area contributed by atoms with Crippen LogP contribution in [0, 0.1) is 6.92 Å². The zero-order chi connectivity index (χ0) is 15.9. The Morgan fingerprint density at radius 1 is 1.36 bits per heavy atom. The highest BCUT2D eigenvalue weighted by Gasteiger charge is 2.18. The maximum atomic E-state index is 12.3. The quantitative estimate of drug-likeness (QED) is 0.794. The number of anilines is 1. The third-order valence-electron chi connectivity index (χ3n) is 3.16. The molecule has 0 unspecified atom stereocenters. The Morgan fingerprint density at radius 3 is 2.82 bits per heavy atom. The van der Waals surface area contributed by atoms with Gasteiger partial charge < -0.3 is 5.32 Å². The topological polar surface area (TPSA) is 72.2 Å². The lowest BCUT2D eigenvalue weighted by Gasteiger charge is -2.06. The van der Waals surface area contributed by atoms with Gasteiger partial charge in [-0.2, -0.15) is 4.52 Å². The summed E-state index contributed by atoms with van der Waals surface area (Å²) in [5.74, 6) is 0.662. The number of amides is 1. The van der Waals surface area contributed by atoms with E-state index >= 15 is 0 Å². The highest BCUT2D eigenvalue weighted by atomic mass is 35.5. The van der Waals surface area contributed by atoms with Crippen molar-refractivity contribution < 1.29 is 4.79 Å². The number of halogens is 1. The summed E-state index contributed by atoms with van der Waals surface area (Å²) in [5, 5.41) is 16.3. The second-order valence-corrected chi connectivity index (χ2v) is 6.62. The molecule has 22 heavy (non-hydrogen) atoms. The van der Waals surface area contributed by atoms with Crippen molar-refractivity contribution in [2.75, 3.05) is 5.32 Å². The van der Waals surface area contributed by atoms with Gasteiger partial charge in [0.1, 0.15) is 0 Å². The van der Waals surface area contributed by atoms with Gasteiger partial charge in [-0.1, -0.05) is 36.8 Å². The van der Waals surface area contributed by atoms with E-state index in [1.165, 1.54) is 11.3 Å². The summed E-state index contributed by atoms with van der Waals surface area (Å²) in [6, 6.07) is 5.31. The lowest BCUT2D eigenvalue weighted by molar-refractivity contribution is 0.102. The average Bonchev–Trinajstić information content (AvgIpc) is 3.01. The van der Waals surface area contributed by atoms with Crippen LogP contribution in [-0.4, -0.2) is 25.7 Å². The maximum Gasteiger partial charge on any atom is 0.286 e. The first-order valence-electron chi connectivity index (χ1n) is 6.75. The molecule has 0 spiro atoms. The van der Waals surface area contributed by atoms with Crippen LogP contribution < -0.4 is 5.32 Å². The molecule has 0 fully saturated rings. The third-order valence-corrected chi connectivity index (χ3v) is 4.29. The first-order valence-corrected chi connectivity index (χ1v) is 7.95. The Balaban J connectivity index is 1.89. The molecule has 0 aliphatic carbocycles. The molecule has 0 saturated heterocycles. The summed E-state index contributed by atoms with van der Waals surface area (Å²) in [6.45, 7) is 5.90. The van der Waals surface area contributed by atoms with Crippen molar-refractivity contribution >= 4 is 39.5 Å². The fourth-order valence-corrected chi connectivity index (χ4v) is 3.00. The summed E-state index contributed by atoms with van der Waals surface area (Å²) in [4.78, 5) is 13.0. The van der Waals surface area contributed by atoms with Crippen molar-refractivity contribution in [2.24, 2.45) is 0 Å². The summed E-state index contributed by atoms with van der Waals surface area (Å²) in [5.41, 5.74) is 1.61. The molecule has 8 heteroatoms. The van der Waals surface area contributed by atoms with E-state index in [9.17, 15) is 4.79 Å². The van der Waals surface area contributed by atoms with Gasteiger partial charge >= 0.3 is 0 Å². The Hall–Kier alpha value is -1.99. The zero-order valence-corrected chi connectivity index (χ0v) is 13.9. The number of hydrogen-bond donors (Lipinski definition) is 1. The van der Waals surface area contributed by atoms with Crippen molar-refractivity contribution in [2.45, 2.75) is 26.7 Å². The lowest BCUT2D eigenvalue weighted by Crippen LogP contribution is -2.13. The second-order valence-electron chi connectivity index (χ2n) is 5.23. The minimum Gasteiger partial charge on any atom is -0.320 e. The lowest BCUT2D eigenvalue weighted by atomic mass is 10.2. The van der Waals surface area contributed by atoms with Crippen LogP contribution in [0.4, 0.5) is 5.69 Å². The summed E-state index contributed by atoms with van der Waals surface area (Å²) >= 11 is 7.13. The zero-order valence-electron chi connectivity index (χ0n) is 12.3. The standard InChI is InChI=1S/C14H14ClN5OS/c1-7(2)11-17-18-14-20(11)19-13(22-14)12(21)16-10-5-4-9(15)6-8(10)3/h4-7H,1-3H3,(H,16,21). The first-order chi connectivity index (χ1) is 10.5. The van der Waals surface area contributed by atoms with Gasteiger partial charge in [-0.05, 0) is 30.7 Å². The minimum atomic E-state index is -0.268. The SMILES string of the molecule is Cc1cc(Cl)ccc1NC(=O)c1nn2c(C(C)C)nnc2s1. The molecular formula is C14H14ClN5OS. The largest absolute Gasteiger partial charge is 0.320 e. The molecule has 0 saturated carbocycles. The number of aromatic nitrogens is 4. The molecule has 3 aromatic rings. The molecule has 0 bridgehead atoms. The van der Waals surface area contributed by atoms with Crippen LogP contribution in [0.15, 0.2) is 18.2 Å². The first kappa shape index (κ1) is 14.9. The Morgan fingerprint density at radius 2 is 2.14 bits per heavy atom. The summed E-state index contributed by atoms with van der Waals surface area (Å²) in [6.07, 6.45) is 0. The maximum absolute atomic E-state index is 12.3. The molecule has 3 rings (SSSR count). The monoisotopic (exact) mass is 335 g/mol. The predicted molar refractivity (Wildman–Crippen MR) is 86.9 cm³/mol. The van der Waals surface area contributed by atoms with E-state index in [2.05, 4.69) is 20.6 Å². The Bertz CT molecular complexity index is 854. The van der Waals surface area contributed by atoms with Gasteiger partial charge in [0.05, 0.1) is 0 Å². The van der Waals surface area contributed by atoms with Gasteiger partial charge in [0, 0.05) is 16.6 Å². The summed E-state index contributed by atoms with van der Waals surface area (Å²) < 4.78 is 1.62. The van der Waals surface area contributed by atoms with E-state index < -0.39 is 0 Å². The van der Waals surface area contributed by atoms with Gasteiger partial charge in [0.15, 0.2) is 5.82 Å². The molecule has 1 amide bonds. The van der Waals surface area contributed by atoms with Crippen LogP contribution in [0.1, 0.15) is 41.0 Å². The molecular weight excluding hydrogens is 322 g/mol. The van der Waals surface area contributed by atoms with Gasteiger partial charge in [-0.3, -0.25) is 4.79 Å². The molecule has 2 heterocycles. The number of nitrogens with zero attached hydrogens (tertiary/aromatic N) is 4. The fraction of sp³-hybridized carbons (Fsp3) is 0.286. The highest BCUT2D eigenvalue weighted by Crippen LogP contribution is 2.22. The van der Waals surface area contributed by atoms with E-state index in [0.717, 1.165) is 11.4 Å². The van der Waals surface area contributed by atoms with Gasteiger partial charge in [-0.15, -0.1) is 15.3 Å². The van der Waals surface area contributed by atoms with Crippen LogP contribution in [0.2, 0.25) is 5.02 Å². The van der Waals surface area contributed by atoms with Crippen molar-refractivity contribution in [3.05, 3.63) is 39.6 Å². The van der Waals surface area contributed by atoms with E-state index in [-0.39, 0.29) is 11.8 Å². The molecule has 6 nitrogen and oxygen atoms in total. The van der Waals surface area contributed by atoms with Crippen molar-refractivity contribution in [3.8, 4) is 0 Å². The number of aryl methyl sites for hydroxylation is 1. The van der Waals surface area contributed by atoms with Gasteiger partial charge in [0.2, 0.25) is 9.97 Å². The van der Waals surface area contributed by atoms with Gasteiger partial charge in [-0.25, -0.2) is 0 Å². The fourth-order valence-electron chi connectivity index (χ4n) is 2.03. The van der Waals surface area contributed by atoms with Crippen LogP contribution in [-0.2, 0) is 0 Å². The number of benzene rings is 1. The third kappa shape index (κ3) is 2.69. The molecule has 0 aliphatic heterocycles. The Labute approximate surface area is 136 Å². The van der Waals surface area contributed by atoms with Crippen molar-refractivity contribution in [1.82, 2.24) is 19.8 Å². The molecule has 0 atom stereocenters. The molecule has 114 valence electrons. The predicted octanol–water partition coefficient (Wildman–Crippen LogP) is 3.52.